The molecule has 1 aliphatic heterocycles. The highest BCUT2D eigenvalue weighted by Gasteiger charge is 2.16. The van der Waals surface area contributed by atoms with Crippen molar-refractivity contribution in [3.05, 3.63) is 34.9 Å². The Kier molecular flexibility index (Phi) is 4.97. The Morgan fingerprint density at radius 2 is 1.95 bits per heavy atom. The van der Waals surface area contributed by atoms with Gasteiger partial charge in [-0.1, -0.05) is 25.1 Å². The van der Waals surface area contributed by atoms with Crippen LogP contribution in [0.5, 0.6) is 0 Å². The number of hydrogen-bond acceptors (Lipinski definition) is 2. The second kappa shape index (κ2) is 6.93. The summed E-state index contributed by atoms with van der Waals surface area (Å²) in [5.74, 6) is 0.930. The molecule has 1 N–H and O–H groups in total. The molecule has 2 aliphatic rings. The zero-order chi connectivity index (χ0) is 14.7. The van der Waals surface area contributed by atoms with E-state index in [9.17, 15) is 0 Å². The predicted molar refractivity (Wildman–Crippen MR) is 89.7 cm³/mol. The number of piperidine rings is 1. The molecule has 116 valence electrons. The molecule has 0 bridgehead atoms. The van der Waals surface area contributed by atoms with E-state index in [0.717, 1.165) is 12.5 Å². The molecule has 0 amide bonds. The molecule has 1 saturated heterocycles. The second-order valence-corrected chi connectivity index (χ2v) is 7.08. The maximum absolute atomic E-state index is 3.71. The van der Waals surface area contributed by atoms with Crippen LogP contribution in [0.15, 0.2) is 18.2 Å². The molecule has 2 heteroatoms. The minimum Gasteiger partial charge on any atom is -0.309 e. The third kappa shape index (κ3) is 3.87. The zero-order valence-corrected chi connectivity index (χ0v) is 13.7. The molecule has 2 nitrogen and oxygen atoms in total. The number of benzene rings is 1. The summed E-state index contributed by atoms with van der Waals surface area (Å²) in [5, 5.41) is 3.71. The fourth-order valence-electron chi connectivity index (χ4n) is 3.70. The van der Waals surface area contributed by atoms with Crippen molar-refractivity contribution in [2.45, 2.75) is 52.0 Å². The summed E-state index contributed by atoms with van der Waals surface area (Å²) in [6.45, 7) is 9.56. The highest BCUT2D eigenvalue weighted by Crippen LogP contribution is 2.25. The van der Waals surface area contributed by atoms with E-state index in [2.05, 4.69) is 42.3 Å². The predicted octanol–water partition coefficient (Wildman–Crippen LogP) is 3.56. The van der Waals surface area contributed by atoms with E-state index in [1.165, 1.54) is 57.3 Å². The lowest BCUT2D eigenvalue weighted by atomic mass is 9.99. The van der Waals surface area contributed by atoms with Crippen molar-refractivity contribution < 1.29 is 0 Å². The van der Waals surface area contributed by atoms with Gasteiger partial charge >= 0.3 is 0 Å². The molecule has 1 aliphatic carbocycles. The van der Waals surface area contributed by atoms with E-state index in [0.29, 0.717) is 6.04 Å². The summed E-state index contributed by atoms with van der Waals surface area (Å²) in [6.07, 6.45) is 6.65. The fourth-order valence-corrected chi connectivity index (χ4v) is 3.70. The van der Waals surface area contributed by atoms with Crippen LogP contribution in [0, 0.1) is 5.92 Å². The van der Waals surface area contributed by atoms with Crippen molar-refractivity contribution in [3.63, 3.8) is 0 Å². The SMILES string of the molecule is CC1CCN(CCNC(C)c2ccc3c(c2)CCC3)CC1. The Morgan fingerprint density at radius 1 is 1.19 bits per heavy atom. The molecule has 0 saturated carbocycles. The lowest BCUT2D eigenvalue weighted by Gasteiger charge is -2.30. The van der Waals surface area contributed by atoms with Gasteiger partial charge in [-0.2, -0.15) is 0 Å². The first-order valence-electron chi connectivity index (χ1n) is 8.80. The summed E-state index contributed by atoms with van der Waals surface area (Å²) in [4.78, 5) is 2.61. The van der Waals surface area contributed by atoms with Gasteiger partial charge in [-0.15, -0.1) is 0 Å². The van der Waals surface area contributed by atoms with Gasteiger partial charge in [-0.05, 0) is 74.7 Å². The second-order valence-electron chi connectivity index (χ2n) is 7.08. The van der Waals surface area contributed by atoms with Crippen LogP contribution >= 0.6 is 0 Å². The summed E-state index contributed by atoms with van der Waals surface area (Å²) < 4.78 is 0. The van der Waals surface area contributed by atoms with Crippen LogP contribution in [0.1, 0.15) is 55.8 Å². The average molecular weight is 286 g/mol. The maximum atomic E-state index is 3.71. The minimum atomic E-state index is 0.472. The third-order valence-electron chi connectivity index (χ3n) is 5.38. The number of nitrogens with zero attached hydrogens (tertiary/aromatic N) is 1. The zero-order valence-electron chi connectivity index (χ0n) is 13.7. The van der Waals surface area contributed by atoms with Crippen LogP contribution in [0.25, 0.3) is 0 Å². The topological polar surface area (TPSA) is 15.3 Å². The highest BCUT2D eigenvalue weighted by atomic mass is 15.1. The van der Waals surface area contributed by atoms with Crippen molar-refractivity contribution >= 4 is 0 Å². The van der Waals surface area contributed by atoms with Gasteiger partial charge in [0, 0.05) is 19.1 Å². The maximum Gasteiger partial charge on any atom is 0.0292 e. The third-order valence-corrected chi connectivity index (χ3v) is 5.38. The smallest absolute Gasteiger partial charge is 0.0292 e. The van der Waals surface area contributed by atoms with Gasteiger partial charge in [0.1, 0.15) is 0 Å². The van der Waals surface area contributed by atoms with Crippen molar-refractivity contribution in [2.75, 3.05) is 26.2 Å². The Hall–Kier alpha value is -0.860. The van der Waals surface area contributed by atoms with Crippen molar-refractivity contribution in [1.29, 1.82) is 0 Å². The molecule has 1 aromatic carbocycles. The van der Waals surface area contributed by atoms with Crippen LogP contribution in [-0.2, 0) is 12.8 Å². The lowest BCUT2D eigenvalue weighted by molar-refractivity contribution is 0.191. The summed E-state index contributed by atoms with van der Waals surface area (Å²) in [7, 11) is 0. The largest absolute Gasteiger partial charge is 0.309 e. The molecule has 1 atom stereocenters. The first-order chi connectivity index (χ1) is 10.2. The molecular weight excluding hydrogens is 256 g/mol. The van der Waals surface area contributed by atoms with Gasteiger partial charge < -0.3 is 10.2 Å². The number of hydrogen-bond donors (Lipinski definition) is 1. The quantitative estimate of drug-likeness (QED) is 0.890. The summed E-state index contributed by atoms with van der Waals surface area (Å²) in [6, 6.07) is 7.58. The number of aryl methyl sites for hydroxylation is 2. The Morgan fingerprint density at radius 3 is 2.76 bits per heavy atom. The van der Waals surface area contributed by atoms with E-state index in [1.807, 2.05) is 0 Å². The van der Waals surface area contributed by atoms with E-state index in [-0.39, 0.29) is 0 Å². The van der Waals surface area contributed by atoms with E-state index in [4.69, 9.17) is 0 Å². The average Bonchev–Trinajstić information content (AvgIpc) is 2.96. The monoisotopic (exact) mass is 286 g/mol. The molecule has 0 radical (unpaired) electrons. The molecule has 0 spiro atoms. The number of nitrogens with one attached hydrogen (secondary N) is 1. The van der Waals surface area contributed by atoms with Crippen molar-refractivity contribution in [3.8, 4) is 0 Å². The lowest BCUT2D eigenvalue weighted by Crippen LogP contribution is -2.38. The van der Waals surface area contributed by atoms with Gasteiger partial charge in [0.25, 0.3) is 0 Å². The van der Waals surface area contributed by atoms with Crippen LogP contribution in [0.2, 0.25) is 0 Å². The van der Waals surface area contributed by atoms with Gasteiger partial charge in [-0.3, -0.25) is 0 Å². The Balaban J connectivity index is 1.45. The molecule has 1 aromatic rings. The van der Waals surface area contributed by atoms with Crippen molar-refractivity contribution in [1.82, 2.24) is 10.2 Å². The van der Waals surface area contributed by atoms with Crippen LogP contribution in [0.4, 0.5) is 0 Å². The number of rotatable bonds is 5. The normalized spacial score (nSPS) is 21.4. The van der Waals surface area contributed by atoms with Crippen LogP contribution < -0.4 is 5.32 Å². The molecule has 21 heavy (non-hydrogen) atoms. The number of likely N-dealkylation sites (tertiary alicyclic amines) is 1. The van der Waals surface area contributed by atoms with E-state index in [1.54, 1.807) is 11.1 Å². The summed E-state index contributed by atoms with van der Waals surface area (Å²) >= 11 is 0. The van der Waals surface area contributed by atoms with Gasteiger partial charge in [0.05, 0.1) is 0 Å². The van der Waals surface area contributed by atoms with E-state index < -0.39 is 0 Å². The van der Waals surface area contributed by atoms with Gasteiger partial charge in [0.15, 0.2) is 0 Å². The Bertz CT molecular complexity index is 461. The van der Waals surface area contributed by atoms with E-state index >= 15 is 0 Å². The first kappa shape index (κ1) is 15.1. The molecular formula is C19H30N2. The minimum absolute atomic E-state index is 0.472. The van der Waals surface area contributed by atoms with Crippen LogP contribution in [0.3, 0.4) is 0 Å². The molecule has 1 unspecified atom stereocenters. The fraction of sp³-hybridized carbons (Fsp3) is 0.684. The van der Waals surface area contributed by atoms with Crippen LogP contribution in [-0.4, -0.2) is 31.1 Å². The van der Waals surface area contributed by atoms with Crippen molar-refractivity contribution in [2.24, 2.45) is 5.92 Å². The van der Waals surface area contributed by atoms with Gasteiger partial charge in [0.2, 0.25) is 0 Å². The summed E-state index contributed by atoms with van der Waals surface area (Å²) in [5.41, 5.74) is 4.63. The molecule has 1 heterocycles. The standard InChI is InChI=1S/C19H30N2/c1-15-8-11-21(12-9-15)13-10-20-16(2)18-7-6-17-4-3-5-19(17)14-18/h6-7,14-16,20H,3-5,8-13H2,1-2H3. The van der Waals surface area contributed by atoms with Gasteiger partial charge in [-0.25, -0.2) is 0 Å². The molecule has 0 aromatic heterocycles. The highest BCUT2D eigenvalue weighted by molar-refractivity contribution is 5.36. The Labute approximate surface area is 129 Å². The number of fused-ring (bicyclic) bond motifs is 1. The molecule has 1 fully saturated rings. The molecule has 3 rings (SSSR count). The first-order valence-corrected chi connectivity index (χ1v) is 8.80.